The van der Waals surface area contributed by atoms with Crippen LogP contribution in [0.2, 0.25) is 0 Å². The number of anilines is 1. The summed E-state index contributed by atoms with van der Waals surface area (Å²) in [6, 6.07) is 0. The third-order valence-corrected chi connectivity index (χ3v) is 5.09. The Labute approximate surface area is 160 Å². The van der Waals surface area contributed by atoms with Crippen molar-refractivity contribution >= 4 is 11.9 Å². The summed E-state index contributed by atoms with van der Waals surface area (Å²) in [5.41, 5.74) is 5.57. The summed E-state index contributed by atoms with van der Waals surface area (Å²) in [5.74, 6) is 0.185. The molecule has 0 aliphatic rings. The maximum absolute atomic E-state index is 11.9. The zero-order valence-electron chi connectivity index (χ0n) is 16.9. The number of nitrogen functional groups attached to an aromatic ring is 1. The first kappa shape index (κ1) is 22.7. The molecular formula is C21H40N4O. The van der Waals surface area contributed by atoms with Crippen LogP contribution in [0.1, 0.15) is 121 Å². The Bertz CT molecular complexity index is 459. The van der Waals surface area contributed by atoms with Crippen molar-refractivity contribution in [1.29, 1.82) is 0 Å². The van der Waals surface area contributed by atoms with Crippen LogP contribution >= 0.6 is 0 Å². The number of carbonyl (C=O) groups is 1. The van der Waals surface area contributed by atoms with Gasteiger partial charge < -0.3 is 5.73 Å². The van der Waals surface area contributed by atoms with E-state index in [1.54, 1.807) is 0 Å². The van der Waals surface area contributed by atoms with E-state index in [0.717, 1.165) is 12.8 Å². The van der Waals surface area contributed by atoms with Crippen LogP contribution in [0.25, 0.3) is 0 Å². The fourth-order valence-corrected chi connectivity index (χ4v) is 3.38. The second kappa shape index (κ2) is 15.8. The van der Waals surface area contributed by atoms with Crippen LogP contribution in [0.5, 0.6) is 0 Å². The molecule has 1 aromatic rings. The SMILES string of the molecule is CCCCCCCCCCCCCCCCCCC(=O)n1cnnc1N. The molecule has 5 heteroatoms. The predicted molar refractivity (Wildman–Crippen MR) is 109 cm³/mol. The van der Waals surface area contributed by atoms with Gasteiger partial charge in [-0.2, -0.15) is 0 Å². The predicted octanol–water partition coefficient (Wildman–Crippen LogP) is 6.15. The zero-order valence-corrected chi connectivity index (χ0v) is 16.9. The Morgan fingerprint density at radius 2 is 1.23 bits per heavy atom. The topological polar surface area (TPSA) is 73.8 Å². The fourth-order valence-electron chi connectivity index (χ4n) is 3.38. The van der Waals surface area contributed by atoms with Gasteiger partial charge in [0, 0.05) is 6.42 Å². The molecule has 0 saturated carbocycles. The average molecular weight is 365 g/mol. The van der Waals surface area contributed by atoms with Gasteiger partial charge in [0.05, 0.1) is 0 Å². The molecule has 26 heavy (non-hydrogen) atoms. The van der Waals surface area contributed by atoms with Crippen LogP contribution in [-0.2, 0) is 0 Å². The molecule has 0 aliphatic carbocycles. The largest absolute Gasteiger partial charge is 0.368 e. The van der Waals surface area contributed by atoms with Crippen molar-refractivity contribution in [3.8, 4) is 0 Å². The van der Waals surface area contributed by atoms with Gasteiger partial charge in [-0.25, -0.2) is 4.57 Å². The van der Waals surface area contributed by atoms with E-state index in [-0.39, 0.29) is 11.9 Å². The molecule has 0 saturated heterocycles. The Morgan fingerprint density at radius 3 is 1.62 bits per heavy atom. The monoisotopic (exact) mass is 364 g/mol. The highest BCUT2D eigenvalue weighted by atomic mass is 16.2. The van der Waals surface area contributed by atoms with Gasteiger partial charge >= 0.3 is 0 Å². The van der Waals surface area contributed by atoms with Gasteiger partial charge in [0.25, 0.3) is 0 Å². The van der Waals surface area contributed by atoms with Crippen molar-refractivity contribution in [2.75, 3.05) is 5.73 Å². The second-order valence-corrected chi connectivity index (χ2v) is 7.51. The van der Waals surface area contributed by atoms with Crippen molar-refractivity contribution < 1.29 is 4.79 Å². The first-order valence-electron chi connectivity index (χ1n) is 10.9. The lowest BCUT2D eigenvalue weighted by Gasteiger charge is -2.04. The van der Waals surface area contributed by atoms with Crippen LogP contribution in [-0.4, -0.2) is 20.7 Å². The number of unbranched alkanes of at least 4 members (excludes halogenated alkanes) is 15. The van der Waals surface area contributed by atoms with E-state index in [1.807, 2.05) is 0 Å². The Hall–Kier alpha value is -1.39. The number of rotatable bonds is 17. The third kappa shape index (κ3) is 11.3. The molecule has 0 aliphatic heterocycles. The Morgan fingerprint density at radius 1 is 0.808 bits per heavy atom. The van der Waals surface area contributed by atoms with Crippen molar-refractivity contribution in [3.63, 3.8) is 0 Å². The first-order valence-corrected chi connectivity index (χ1v) is 10.9. The maximum atomic E-state index is 11.9. The van der Waals surface area contributed by atoms with Crippen molar-refractivity contribution in [1.82, 2.24) is 14.8 Å². The maximum Gasteiger partial charge on any atom is 0.234 e. The standard InChI is InChI=1S/C21H40N4O/c1-2-3-4-5-6-7-8-9-10-11-12-13-14-15-16-17-18-20(26)25-19-23-24-21(25)22/h19H,2-18H2,1H3,(H2,22,24). The number of carbonyl (C=O) groups excluding carboxylic acids is 1. The van der Waals surface area contributed by atoms with Crippen molar-refractivity contribution in [2.24, 2.45) is 0 Å². The average Bonchev–Trinajstić information content (AvgIpc) is 3.07. The Kier molecular flexibility index (Phi) is 13.8. The highest BCUT2D eigenvalue weighted by Gasteiger charge is 2.08. The fraction of sp³-hybridized carbons (Fsp3) is 0.857. The molecule has 0 radical (unpaired) electrons. The molecule has 0 bridgehead atoms. The lowest BCUT2D eigenvalue weighted by atomic mass is 10.0. The minimum Gasteiger partial charge on any atom is -0.368 e. The lowest BCUT2D eigenvalue weighted by molar-refractivity contribution is 0.0901. The number of hydrogen-bond donors (Lipinski definition) is 1. The van der Waals surface area contributed by atoms with Gasteiger partial charge in [0.2, 0.25) is 11.9 Å². The molecule has 0 spiro atoms. The summed E-state index contributed by atoms with van der Waals surface area (Å²) in [5, 5.41) is 7.27. The van der Waals surface area contributed by atoms with Gasteiger partial charge in [-0.3, -0.25) is 4.79 Å². The van der Waals surface area contributed by atoms with Crippen molar-refractivity contribution in [2.45, 2.75) is 116 Å². The number of aromatic nitrogens is 3. The zero-order chi connectivity index (χ0) is 18.9. The Balaban J connectivity index is 1.77. The minimum absolute atomic E-state index is 0.00198. The van der Waals surface area contributed by atoms with Gasteiger partial charge in [0.15, 0.2) is 0 Å². The molecule has 150 valence electrons. The highest BCUT2D eigenvalue weighted by Crippen LogP contribution is 2.14. The smallest absolute Gasteiger partial charge is 0.234 e. The summed E-state index contributed by atoms with van der Waals surface area (Å²) in [6.45, 7) is 2.28. The van der Waals surface area contributed by atoms with Crippen LogP contribution in [0.4, 0.5) is 5.95 Å². The van der Waals surface area contributed by atoms with E-state index >= 15 is 0 Å². The quantitative estimate of drug-likeness (QED) is 0.336. The molecule has 5 nitrogen and oxygen atoms in total. The minimum atomic E-state index is -0.00198. The van der Waals surface area contributed by atoms with E-state index in [9.17, 15) is 4.79 Å². The van der Waals surface area contributed by atoms with E-state index < -0.39 is 0 Å². The second-order valence-electron chi connectivity index (χ2n) is 7.51. The molecule has 1 aromatic heterocycles. The molecule has 1 heterocycles. The molecule has 1 rings (SSSR count). The van der Waals surface area contributed by atoms with Crippen LogP contribution in [0, 0.1) is 0 Å². The van der Waals surface area contributed by atoms with E-state index in [0.29, 0.717) is 6.42 Å². The summed E-state index contributed by atoms with van der Waals surface area (Å²) < 4.78 is 1.34. The summed E-state index contributed by atoms with van der Waals surface area (Å²) >= 11 is 0. The first-order chi connectivity index (χ1) is 12.8. The van der Waals surface area contributed by atoms with Crippen LogP contribution in [0.15, 0.2) is 6.33 Å². The van der Waals surface area contributed by atoms with Gasteiger partial charge in [0.1, 0.15) is 6.33 Å². The van der Waals surface area contributed by atoms with E-state index in [2.05, 4.69) is 17.1 Å². The molecule has 0 amide bonds. The normalized spacial score (nSPS) is 11.1. The molecule has 0 atom stereocenters. The highest BCUT2D eigenvalue weighted by molar-refractivity contribution is 5.80. The molecule has 0 aromatic carbocycles. The van der Waals surface area contributed by atoms with Gasteiger partial charge in [-0.15, -0.1) is 10.2 Å². The van der Waals surface area contributed by atoms with E-state index in [4.69, 9.17) is 5.73 Å². The van der Waals surface area contributed by atoms with Gasteiger partial charge in [-0.1, -0.05) is 103 Å². The van der Waals surface area contributed by atoms with E-state index in [1.165, 1.54) is 101 Å². The van der Waals surface area contributed by atoms with Crippen LogP contribution in [0.3, 0.4) is 0 Å². The summed E-state index contributed by atoms with van der Waals surface area (Å²) in [7, 11) is 0. The number of hydrogen-bond acceptors (Lipinski definition) is 4. The molecular weight excluding hydrogens is 324 g/mol. The lowest BCUT2D eigenvalue weighted by Crippen LogP contribution is -2.12. The number of nitrogens with two attached hydrogens (primary N) is 1. The number of nitrogens with zero attached hydrogens (tertiary/aromatic N) is 3. The molecule has 0 unspecified atom stereocenters. The summed E-state index contributed by atoms with van der Waals surface area (Å²) in [4.78, 5) is 11.9. The van der Waals surface area contributed by atoms with Crippen LogP contribution < -0.4 is 5.73 Å². The molecule has 2 N–H and O–H groups in total. The molecule has 0 fully saturated rings. The van der Waals surface area contributed by atoms with Crippen molar-refractivity contribution in [3.05, 3.63) is 6.33 Å². The summed E-state index contributed by atoms with van der Waals surface area (Å²) in [6.07, 6.45) is 23.3. The third-order valence-electron chi connectivity index (χ3n) is 5.09. The van der Waals surface area contributed by atoms with Gasteiger partial charge in [-0.05, 0) is 6.42 Å².